The van der Waals surface area contributed by atoms with Crippen molar-refractivity contribution in [1.29, 1.82) is 0 Å². The van der Waals surface area contributed by atoms with Gasteiger partial charge in [-0.25, -0.2) is 10.9 Å². The first-order valence-electron chi connectivity index (χ1n) is 11.6. The summed E-state index contributed by atoms with van der Waals surface area (Å²) in [5, 5.41) is 23.7. The van der Waals surface area contributed by atoms with Crippen LogP contribution in [0.5, 0.6) is 5.75 Å². The maximum atomic E-state index is 10.7. The van der Waals surface area contributed by atoms with E-state index in [1.54, 1.807) is 0 Å². The first kappa shape index (κ1) is 22.3. The summed E-state index contributed by atoms with van der Waals surface area (Å²) in [4.78, 5) is 0. The summed E-state index contributed by atoms with van der Waals surface area (Å²) in [7, 11) is 0. The van der Waals surface area contributed by atoms with Crippen molar-refractivity contribution in [3.8, 4) is 5.75 Å². The molecule has 0 spiro atoms. The van der Waals surface area contributed by atoms with Gasteiger partial charge in [-0.15, -0.1) is 0 Å². The van der Waals surface area contributed by atoms with Gasteiger partial charge in [0.25, 0.3) is 0 Å². The predicted octanol–water partition coefficient (Wildman–Crippen LogP) is 2.36. The molecule has 3 aromatic rings. The van der Waals surface area contributed by atoms with Gasteiger partial charge < -0.3 is 14.9 Å². The van der Waals surface area contributed by atoms with Crippen molar-refractivity contribution in [2.24, 2.45) is 11.8 Å². The number of benzene rings is 3. The molecule has 6 atom stereocenters. The summed E-state index contributed by atoms with van der Waals surface area (Å²) >= 11 is 0. The van der Waals surface area contributed by atoms with Gasteiger partial charge in [-0.2, -0.15) is 0 Å². The van der Waals surface area contributed by atoms with Crippen LogP contribution in [0.4, 0.5) is 0 Å². The zero-order valence-electron chi connectivity index (χ0n) is 18.9. The summed E-state index contributed by atoms with van der Waals surface area (Å²) in [6.07, 6.45) is -1.40. The van der Waals surface area contributed by atoms with Gasteiger partial charge in [0.15, 0.2) is 0 Å². The third-order valence-corrected chi connectivity index (χ3v) is 7.17. The van der Waals surface area contributed by atoms with Gasteiger partial charge in [-0.3, -0.25) is 10.9 Å². The number of hydrazine groups is 2. The first-order valence-corrected chi connectivity index (χ1v) is 11.6. The number of rotatable bonds is 6. The summed E-state index contributed by atoms with van der Waals surface area (Å²) in [5.74, 6) is 0.516. The predicted molar refractivity (Wildman–Crippen MR) is 128 cm³/mol. The topological polar surface area (TPSA) is 97.8 Å². The Morgan fingerprint density at radius 1 is 0.758 bits per heavy atom. The number of hydrogen-bond donors (Lipinski definition) is 6. The maximum absolute atomic E-state index is 10.7. The van der Waals surface area contributed by atoms with Gasteiger partial charge in [0, 0.05) is 29.8 Å². The van der Waals surface area contributed by atoms with E-state index in [1.807, 2.05) is 24.3 Å². The highest BCUT2D eigenvalue weighted by Crippen LogP contribution is 2.41. The SMILES string of the molecule is CC1NNC(O)C1C(c1ccc(OCc2cccc3ccccc23)cc1)C1C(C)NNC1O. The van der Waals surface area contributed by atoms with Crippen molar-refractivity contribution in [2.75, 3.05) is 0 Å². The van der Waals surface area contributed by atoms with Crippen LogP contribution in [-0.4, -0.2) is 34.8 Å². The average Bonchev–Trinajstić information content (AvgIpc) is 3.34. The largest absolute Gasteiger partial charge is 0.489 e. The molecule has 6 N–H and O–H groups in total. The standard InChI is InChI=1S/C26H32N4O3/c1-15-22(25(31)29-27-15)24(23-16(2)28-30-26(23)32)18-10-12-20(13-11-18)33-14-19-8-5-7-17-6-3-4-9-21(17)19/h3-13,15-16,22-32H,14H2,1-2H3. The van der Waals surface area contributed by atoms with Crippen molar-refractivity contribution in [1.82, 2.24) is 21.7 Å². The molecule has 0 saturated carbocycles. The van der Waals surface area contributed by atoms with E-state index in [0.717, 1.165) is 16.9 Å². The van der Waals surface area contributed by atoms with Crippen molar-refractivity contribution in [3.63, 3.8) is 0 Å². The van der Waals surface area contributed by atoms with Crippen LogP contribution in [0.3, 0.4) is 0 Å². The van der Waals surface area contributed by atoms with Crippen LogP contribution in [0.2, 0.25) is 0 Å². The Morgan fingerprint density at radius 2 is 1.36 bits per heavy atom. The van der Waals surface area contributed by atoms with Crippen LogP contribution >= 0.6 is 0 Å². The zero-order valence-corrected chi connectivity index (χ0v) is 18.9. The van der Waals surface area contributed by atoms with Crippen LogP contribution in [-0.2, 0) is 6.61 Å². The van der Waals surface area contributed by atoms with E-state index in [0.29, 0.717) is 6.61 Å². The molecular weight excluding hydrogens is 416 g/mol. The molecule has 6 unspecified atom stereocenters. The zero-order chi connectivity index (χ0) is 22.9. The number of aliphatic hydroxyl groups is 2. The highest BCUT2D eigenvalue weighted by molar-refractivity contribution is 5.85. The highest BCUT2D eigenvalue weighted by Gasteiger charge is 2.47. The second-order valence-corrected chi connectivity index (χ2v) is 9.22. The number of ether oxygens (including phenoxy) is 1. The van der Waals surface area contributed by atoms with E-state index in [1.165, 1.54) is 10.8 Å². The molecule has 0 radical (unpaired) electrons. The third kappa shape index (κ3) is 4.36. The minimum Gasteiger partial charge on any atom is -0.489 e. The molecule has 0 amide bonds. The lowest BCUT2D eigenvalue weighted by atomic mass is 9.71. The van der Waals surface area contributed by atoms with Crippen LogP contribution < -0.4 is 26.4 Å². The number of fused-ring (bicyclic) bond motifs is 1. The Labute approximate surface area is 194 Å². The summed E-state index contributed by atoms with van der Waals surface area (Å²) < 4.78 is 6.12. The lowest BCUT2D eigenvalue weighted by Gasteiger charge is -2.35. The molecule has 5 rings (SSSR count). The summed E-state index contributed by atoms with van der Waals surface area (Å²) in [6.45, 7) is 4.59. The Balaban J connectivity index is 1.38. The lowest BCUT2D eigenvalue weighted by molar-refractivity contribution is 0.0397. The minimum absolute atomic E-state index is 0.0484. The van der Waals surface area contributed by atoms with Crippen molar-refractivity contribution in [2.45, 2.75) is 50.9 Å². The van der Waals surface area contributed by atoms with Crippen LogP contribution in [0.25, 0.3) is 10.8 Å². The van der Waals surface area contributed by atoms with Gasteiger partial charge in [0.2, 0.25) is 0 Å². The average molecular weight is 449 g/mol. The minimum atomic E-state index is -0.702. The quantitative estimate of drug-likeness (QED) is 0.345. The van der Waals surface area contributed by atoms with Gasteiger partial charge >= 0.3 is 0 Å². The van der Waals surface area contributed by atoms with E-state index < -0.39 is 12.5 Å². The van der Waals surface area contributed by atoms with Gasteiger partial charge in [0.1, 0.15) is 24.8 Å². The van der Waals surface area contributed by atoms with Crippen LogP contribution in [0.1, 0.15) is 30.9 Å². The molecule has 0 bridgehead atoms. The second kappa shape index (κ2) is 9.38. The van der Waals surface area contributed by atoms with E-state index in [-0.39, 0.29) is 29.8 Å². The molecule has 3 aromatic carbocycles. The maximum Gasteiger partial charge on any atom is 0.122 e. The summed E-state index contributed by atoms with van der Waals surface area (Å²) in [6, 6.07) is 22.7. The van der Waals surface area contributed by atoms with E-state index in [9.17, 15) is 10.2 Å². The molecule has 174 valence electrons. The molecule has 2 heterocycles. The monoisotopic (exact) mass is 448 g/mol. The molecule has 0 aromatic heterocycles. The molecule has 7 heteroatoms. The van der Waals surface area contributed by atoms with Gasteiger partial charge in [0.05, 0.1) is 0 Å². The summed E-state index contributed by atoms with van der Waals surface area (Å²) in [5.41, 5.74) is 14.4. The molecular formula is C26H32N4O3. The van der Waals surface area contributed by atoms with Gasteiger partial charge in [-0.05, 0) is 47.9 Å². The van der Waals surface area contributed by atoms with Crippen molar-refractivity contribution < 1.29 is 14.9 Å². The van der Waals surface area contributed by atoms with Crippen molar-refractivity contribution in [3.05, 3.63) is 77.9 Å². The van der Waals surface area contributed by atoms with Crippen LogP contribution in [0.15, 0.2) is 66.7 Å². The fourth-order valence-corrected chi connectivity index (χ4v) is 5.45. The fourth-order valence-electron chi connectivity index (χ4n) is 5.45. The third-order valence-electron chi connectivity index (χ3n) is 7.17. The molecule has 33 heavy (non-hydrogen) atoms. The molecule has 2 aliphatic rings. The number of hydrogen-bond acceptors (Lipinski definition) is 7. The second-order valence-electron chi connectivity index (χ2n) is 9.22. The molecule has 2 aliphatic heterocycles. The number of nitrogens with one attached hydrogen (secondary N) is 4. The Bertz CT molecular complexity index is 1040. The fraction of sp³-hybridized carbons (Fsp3) is 0.385. The van der Waals surface area contributed by atoms with Crippen molar-refractivity contribution >= 4 is 10.8 Å². The molecule has 2 fully saturated rings. The number of aliphatic hydroxyl groups excluding tert-OH is 2. The molecule has 0 aliphatic carbocycles. The Hall–Kier alpha value is -2.52. The smallest absolute Gasteiger partial charge is 0.122 e. The molecule has 7 nitrogen and oxygen atoms in total. The first-order chi connectivity index (χ1) is 16.0. The lowest BCUT2D eigenvalue weighted by Crippen LogP contribution is -2.41. The van der Waals surface area contributed by atoms with Gasteiger partial charge in [-0.1, -0.05) is 54.6 Å². The Kier molecular flexibility index (Phi) is 6.34. The van der Waals surface area contributed by atoms with Crippen LogP contribution in [0, 0.1) is 11.8 Å². The Morgan fingerprint density at radius 3 is 1.97 bits per heavy atom. The van der Waals surface area contributed by atoms with E-state index in [4.69, 9.17) is 4.74 Å². The van der Waals surface area contributed by atoms with E-state index in [2.05, 4.69) is 78.0 Å². The highest BCUT2D eigenvalue weighted by atomic mass is 16.5. The molecule has 2 saturated heterocycles. The van der Waals surface area contributed by atoms with E-state index >= 15 is 0 Å². The normalized spacial score (nSPS) is 30.5.